The second kappa shape index (κ2) is 6.76. The third-order valence-corrected chi connectivity index (χ3v) is 3.83. The summed E-state index contributed by atoms with van der Waals surface area (Å²) in [5, 5.41) is 3.36. The van der Waals surface area contributed by atoms with Crippen molar-refractivity contribution in [2.75, 3.05) is 21.3 Å². The number of ether oxygens (including phenoxy) is 2. The molecule has 2 unspecified atom stereocenters. The van der Waals surface area contributed by atoms with Crippen molar-refractivity contribution in [3.63, 3.8) is 0 Å². The van der Waals surface area contributed by atoms with Crippen LogP contribution in [0.25, 0.3) is 0 Å². The summed E-state index contributed by atoms with van der Waals surface area (Å²) in [4.78, 5) is 0. The predicted octanol–water partition coefficient (Wildman–Crippen LogP) is 2.64. The SMILES string of the molecule is CCC(C)(OC)C(Cc1cccc(OC)c1)NC. The minimum absolute atomic E-state index is 0.155. The van der Waals surface area contributed by atoms with Crippen molar-refractivity contribution in [3.8, 4) is 5.75 Å². The Bertz CT molecular complexity index is 361. The first-order chi connectivity index (χ1) is 8.59. The Morgan fingerprint density at radius 1 is 1.33 bits per heavy atom. The van der Waals surface area contributed by atoms with E-state index in [9.17, 15) is 0 Å². The lowest BCUT2D eigenvalue weighted by Crippen LogP contribution is -2.49. The molecule has 3 heteroatoms. The Kier molecular flexibility index (Phi) is 5.63. The number of likely N-dealkylation sites (N-methyl/N-ethyl adjacent to an activating group) is 1. The van der Waals surface area contributed by atoms with Crippen LogP contribution in [0.5, 0.6) is 5.75 Å². The van der Waals surface area contributed by atoms with Gasteiger partial charge in [0.1, 0.15) is 5.75 Å². The van der Waals surface area contributed by atoms with E-state index in [0.29, 0.717) is 0 Å². The van der Waals surface area contributed by atoms with Gasteiger partial charge in [-0.2, -0.15) is 0 Å². The Morgan fingerprint density at radius 3 is 2.56 bits per heavy atom. The average molecular weight is 251 g/mol. The van der Waals surface area contributed by atoms with Gasteiger partial charge >= 0.3 is 0 Å². The Balaban J connectivity index is 2.85. The molecule has 0 aliphatic heterocycles. The number of hydrogen-bond acceptors (Lipinski definition) is 3. The number of rotatable bonds is 7. The molecule has 0 bridgehead atoms. The van der Waals surface area contributed by atoms with Crippen molar-refractivity contribution >= 4 is 0 Å². The van der Waals surface area contributed by atoms with E-state index in [-0.39, 0.29) is 11.6 Å². The number of benzene rings is 1. The van der Waals surface area contributed by atoms with E-state index in [0.717, 1.165) is 18.6 Å². The van der Waals surface area contributed by atoms with Gasteiger partial charge in [0.25, 0.3) is 0 Å². The third-order valence-electron chi connectivity index (χ3n) is 3.83. The lowest BCUT2D eigenvalue weighted by atomic mass is 9.88. The van der Waals surface area contributed by atoms with Gasteiger partial charge < -0.3 is 14.8 Å². The zero-order valence-electron chi connectivity index (χ0n) is 12.1. The molecule has 1 aromatic rings. The zero-order valence-corrected chi connectivity index (χ0v) is 12.1. The molecule has 3 nitrogen and oxygen atoms in total. The second-order valence-corrected chi connectivity index (χ2v) is 4.77. The van der Waals surface area contributed by atoms with Crippen LogP contribution < -0.4 is 10.1 Å². The van der Waals surface area contributed by atoms with Crippen LogP contribution in [0.15, 0.2) is 24.3 Å². The first kappa shape index (κ1) is 15.0. The number of methoxy groups -OCH3 is 2. The molecule has 0 radical (unpaired) electrons. The zero-order chi connectivity index (χ0) is 13.6. The lowest BCUT2D eigenvalue weighted by Gasteiger charge is -2.35. The molecule has 1 rings (SSSR count). The summed E-state index contributed by atoms with van der Waals surface area (Å²) in [6.45, 7) is 4.30. The van der Waals surface area contributed by atoms with Crippen molar-refractivity contribution in [2.45, 2.75) is 38.3 Å². The van der Waals surface area contributed by atoms with Crippen LogP contribution in [0.4, 0.5) is 0 Å². The highest BCUT2D eigenvalue weighted by Gasteiger charge is 2.31. The molecular formula is C15H25NO2. The average Bonchev–Trinajstić information content (AvgIpc) is 2.44. The van der Waals surface area contributed by atoms with Crippen molar-refractivity contribution in [1.29, 1.82) is 0 Å². The normalized spacial score (nSPS) is 16.1. The molecule has 1 N–H and O–H groups in total. The van der Waals surface area contributed by atoms with Gasteiger partial charge in [-0.25, -0.2) is 0 Å². The van der Waals surface area contributed by atoms with E-state index >= 15 is 0 Å². The standard InChI is InChI=1S/C15H25NO2/c1-6-15(2,18-5)14(16-3)11-12-8-7-9-13(10-12)17-4/h7-10,14,16H,6,11H2,1-5H3. The van der Waals surface area contributed by atoms with E-state index in [1.807, 2.05) is 19.2 Å². The molecule has 0 aromatic heterocycles. The summed E-state index contributed by atoms with van der Waals surface area (Å²) in [5.41, 5.74) is 1.10. The van der Waals surface area contributed by atoms with E-state index < -0.39 is 0 Å². The molecule has 0 amide bonds. The summed E-state index contributed by atoms with van der Waals surface area (Å²) in [6, 6.07) is 8.47. The minimum Gasteiger partial charge on any atom is -0.497 e. The molecule has 0 saturated heterocycles. The highest BCUT2D eigenvalue weighted by Crippen LogP contribution is 2.23. The van der Waals surface area contributed by atoms with Crippen LogP contribution in [0.2, 0.25) is 0 Å². The van der Waals surface area contributed by atoms with Crippen molar-refractivity contribution in [1.82, 2.24) is 5.32 Å². The van der Waals surface area contributed by atoms with Crippen LogP contribution in [0.3, 0.4) is 0 Å². The fourth-order valence-corrected chi connectivity index (χ4v) is 2.19. The molecule has 1 aromatic carbocycles. The molecule has 0 aliphatic carbocycles. The van der Waals surface area contributed by atoms with E-state index in [2.05, 4.69) is 31.3 Å². The molecule has 102 valence electrons. The summed E-state index contributed by atoms with van der Waals surface area (Å²) in [6.07, 6.45) is 1.89. The van der Waals surface area contributed by atoms with Gasteiger partial charge in [0, 0.05) is 13.2 Å². The largest absolute Gasteiger partial charge is 0.497 e. The third kappa shape index (κ3) is 3.47. The van der Waals surface area contributed by atoms with E-state index in [1.54, 1.807) is 14.2 Å². The van der Waals surface area contributed by atoms with Crippen molar-refractivity contribution in [2.24, 2.45) is 0 Å². The van der Waals surface area contributed by atoms with Crippen LogP contribution in [0.1, 0.15) is 25.8 Å². The molecule has 0 heterocycles. The highest BCUT2D eigenvalue weighted by molar-refractivity contribution is 5.29. The van der Waals surface area contributed by atoms with Crippen molar-refractivity contribution < 1.29 is 9.47 Å². The highest BCUT2D eigenvalue weighted by atomic mass is 16.5. The summed E-state index contributed by atoms with van der Waals surface area (Å²) >= 11 is 0. The maximum Gasteiger partial charge on any atom is 0.119 e. The molecule has 18 heavy (non-hydrogen) atoms. The van der Waals surface area contributed by atoms with Crippen molar-refractivity contribution in [3.05, 3.63) is 29.8 Å². The summed E-state index contributed by atoms with van der Waals surface area (Å²) < 4.78 is 10.9. The topological polar surface area (TPSA) is 30.5 Å². The minimum atomic E-state index is -0.155. The summed E-state index contributed by atoms with van der Waals surface area (Å²) in [7, 11) is 5.46. The first-order valence-corrected chi connectivity index (χ1v) is 6.45. The lowest BCUT2D eigenvalue weighted by molar-refractivity contribution is -0.0268. The van der Waals surface area contributed by atoms with Gasteiger partial charge in [-0.15, -0.1) is 0 Å². The van der Waals surface area contributed by atoms with E-state index in [4.69, 9.17) is 9.47 Å². The Hall–Kier alpha value is -1.06. The summed E-state index contributed by atoms with van der Waals surface area (Å²) in [5.74, 6) is 0.901. The quantitative estimate of drug-likeness (QED) is 0.808. The van der Waals surface area contributed by atoms with Gasteiger partial charge in [0.05, 0.1) is 12.7 Å². The monoisotopic (exact) mass is 251 g/mol. The van der Waals surface area contributed by atoms with Gasteiger partial charge in [-0.1, -0.05) is 19.1 Å². The maximum atomic E-state index is 5.68. The second-order valence-electron chi connectivity index (χ2n) is 4.77. The molecule has 2 atom stereocenters. The smallest absolute Gasteiger partial charge is 0.119 e. The molecular weight excluding hydrogens is 226 g/mol. The fraction of sp³-hybridized carbons (Fsp3) is 0.600. The number of nitrogens with one attached hydrogen (secondary N) is 1. The van der Waals surface area contributed by atoms with Crippen LogP contribution in [0, 0.1) is 0 Å². The number of hydrogen-bond donors (Lipinski definition) is 1. The Morgan fingerprint density at radius 2 is 2.06 bits per heavy atom. The van der Waals surface area contributed by atoms with Gasteiger partial charge in [0.2, 0.25) is 0 Å². The maximum absolute atomic E-state index is 5.68. The fourth-order valence-electron chi connectivity index (χ4n) is 2.19. The molecule has 0 aliphatic rings. The Labute approximate surface area is 110 Å². The van der Waals surface area contributed by atoms with Gasteiger partial charge in [-0.3, -0.25) is 0 Å². The van der Waals surface area contributed by atoms with E-state index in [1.165, 1.54) is 5.56 Å². The van der Waals surface area contributed by atoms with Crippen LogP contribution >= 0.6 is 0 Å². The molecule has 0 saturated carbocycles. The van der Waals surface area contributed by atoms with Gasteiger partial charge in [-0.05, 0) is 44.5 Å². The van der Waals surface area contributed by atoms with Gasteiger partial charge in [0.15, 0.2) is 0 Å². The molecule has 0 fully saturated rings. The predicted molar refractivity (Wildman–Crippen MR) is 75.3 cm³/mol. The van der Waals surface area contributed by atoms with Crippen LogP contribution in [-0.2, 0) is 11.2 Å². The first-order valence-electron chi connectivity index (χ1n) is 6.45. The van der Waals surface area contributed by atoms with Crippen LogP contribution in [-0.4, -0.2) is 32.9 Å². The molecule has 0 spiro atoms.